The molecular formula is C64H36N8. The Morgan fingerprint density at radius 2 is 0.625 bits per heavy atom. The Morgan fingerprint density at radius 1 is 0.278 bits per heavy atom. The molecule has 8 nitrogen and oxygen atoms in total. The average molecular weight is 917 g/mol. The summed E-state index contributed by atoms with van der Waals surface area (Å²) in [6.45, 7) is 0. The minimum atomic E-state index is 0.731. The number of hydrogen-bond acceptors (Lipinski definition) is 6. The number of aromatic nitrogens is 8. The van der Waals surface area contributed by atoms with Gasteiger partial charge in [0.05, 0.1) is 33.5 Å². The van der Waals surface area contributed by atoms with Gasteiger partial charge in [-0.2, -0.15) is 0 Å². The first-order chi connectivity index (χ1) is 35.7. The van der Waals surface area contributed by atoms with Crippen LogP contribution >= 0.6 is 0 Å². The number of nitrogens with zero attached hydrogens (tertiary/aromatic N) is 8. The van der Waals surface area contributed by atoms with Crippen molar-refractivity contribution in [2.75, 3.05) is 0 Å². The minimum absolute atomic E-state index is 0.731. The van der Waals surface area contributed by atoms with Crippen LogP contribution in [0.2, 0.25) is 0 Å². The molecule has 0 N–H and O–H groups in total. The highest BCUT2D eigenvalue weighted by molar-refractivity contribution is 6.40. The van der Waals surface area contributed by atoms with Gasteiger partial charge in [-0.3, -0.25) is 18.8 Å². The number of pyridine rings is 4. The molecule has 16 rings (SSSR count). The Bertz CT molecular complexity index is 4500. The van der Waals surface area contributed by atoms with Gasteiger partial charge in [-0.25, -0.2) is 19.9 Å². The number of hydrogen-bond donors (Lipinski definition) is 0. The van der Waals surface area contributed by atoms with Crippen molar-refractivity contribution in [3.8, 4) is 67.0 Å². The second kappa shape index (κ2) is 14.8. The van der Waals surface area contributed by atoms with E-state index in [1.165, 1.54) is 0 Å². The SMILES string of the molecule is c1ccc(-c2cnc3c(c2)c2cc(-c4ccccc4)cc4c5c6nc(-c7cccnc7)c(-c7cccnc7)nc6c6c7cc(-c8ccccc8)cc8c9cc(-c%10ccccc%10)cnc9n(c87)c6c5n3c24)cc1. The predicted molar refractivity (Wildman–Crippen MR) is 293 cm³/mol. The van der Waals surface area contributed by atoms with Crippen molar-refractivity contribution in [1.82, 2.24) is 38.7 Å². The molecule has 0 radical (unpaired) electrons. The van der Waals surface area contributed by atoms with Gasteiger partial charge in [0.15, 0.2) is 0 Å². The largest absolute Gasteiger partial charge is 0.290 e. The van der Waals surface area contributed by atoms with Gasteiger partial charge in [0, 0.05) is 103 Å². The molecule has 9 aromatic heterocycles. The van der Waals surface area contributed by atoms with Crippen LogP contribution in [-0.4, -0.2) is 38.7 Å². The monoisotopic (exact) mass is 916 g/mol. The van der Waals surface area contributed by atoms with Gasteiger partial charge in [0.1, 0.15) is 22.3 Å². The topological polar surface area (TPSA) is 86.2 Å². The van der Waals surface area contributed by atoms with Crippen LogP contribution in [0.4, 0.5) is 0 Å². The maximum Gasteiger partial charge on any atom is 0.145 e. The number of benzene rings is 7. The first kappa shape index (κ1) is 39.0. The van der Waals surface area contributed by atoms with Gasteiger partial charge < -0.3 is 0 Å². The fourth-order valence-electron chi connectivity index (χ4n) is 11.6. The van der Waals surface area contributed by atoms with Crippen molar-refractivity contribution in [2.24, 2.45) is 0 Å². The highest BCUT2D eigenvalue weighted by Gasteiger charge is 2.31. The highest BCUT2D eigenvalue weighted by atomic mass is 15.0. The normalized spacial score (nSPS) is 12.2. The first-order valence-electron chi connectivity index (χ1n) is 24.2. The summed E-state index contributed by atoms with van der Waals surface area (Å²) in [5, 5.41) is 8.53. The minimum Gasteiger partial charge on any atom is -0.290 e. The third kappa shape index (κ3) is 5.45. The lowest BCUT2D eigenvalue weighted by atomic mass is 9.96. The van der Waals surface area contributed by atoms with E-state index in [9.17, 15) is 0 Å². The molecule has 0 aliphatic carbocycles. The second-order valence-corrected chi connectivity index (χ2v) is 18.7. The summed E-state index contributed by atoms with van der Waals surface area (Å²) in [7, 11) is 0. The highest BCUT2D eigenvalue weighted by Crippen LogP contribution is 2.52. The maximum atomic E-state index is 5.87. The first-order valence-corrected chi connectivity index (χ1v) is 24.2. The van der Waals surface area contributed by atoms with Crippen LogP contribution in [0.25, 0.3) is 155 Å². The van der Waals surface area contributed by atoms with Gasteiger partial charge in [-0.1, -0.05) is 121 Å². The predicted octanol–water partition coefficient (Wildman–Crippen LogP) is 15.5. The third-order valence-electron chi connectivity index (χ3n) is 14.8. The molecule has 8 heteroatoms. The summed E-state index contributed by atoms with van der Waals surface area (Å²) in [6.07, 6.45) is 11.4. The molecular weight excluding hydrogens is 881 g/mol. The summed E-state index contributed by atoms with van der Waals surface area (Å²) < 4.78 is 4.83. The molecule has 0 saturated heterocycles. The zero-order chi connectivity index (χ0) is 47.0. The van der Waals surface area contributed by atoms with Crippen LogP contribution in [-0.2, 0) is 0 Å². The van der Waals surface area contributed by atoms with Crippen molar-refractivity contribution in [1.29, 1.82) is 0 Å². The zero-order valence-electron chi connectivity index (χ0n) is 38.4. The Morgan fingerprint density at radius 3 is 1.00 bits per heavy atom. The molecule has 0 atom stereocenters. The van der Waals surface area contributed by atoms with Gasteiger partial charge in [0.25, 0.3) is 0 Å². The molecule has 9 heterocycles. The van der Waals surface area contributed by atoms with Gasteiger partial charge in [-0.05, 0) is 94.0 Å². The second-order valence-electron chi connectivity index (χ2n) is 18.7. The van der Waals surface area contributed by atoms with E-state index in [0.717, 1.165) is 155 Å². The fourth-order valence-corrected chi connectivity index (χ4v) is 11.6. The van der Waals surface area contributed by atoms with Gasteiger partial charge >= 0.3 is 0 Å². The lowest BCUT2D eigenvalue weighted by Crippen LogP contribution is -1.98. The van der Waals surface area contributed by atoms with Crippen LogP contribution in [0.3, 0.4) is 0 Å². The Labute approximate surface area is 410 Å². The van der Waals surface area contributed by atoms with E-state index in [1.807, 2.05) is 36.9 Å². The molecule has 0 aliphatic heterocycles. The van der Waals surface area contributed by atoms with Crippen LogP contribution in [0.1, 0.15) is 0 Å². The molecule has 332 valence electrons. The molecule has 0 spiro atoms. The molecule has 7 aromatic carbocycles. The lowest BCUT2D eigenvalue weighted by Gasteiger charge is -2.13. The lowest BCUT2D eigenvalue weighted by molar-refractivity contribution is 1.24. The zero-order valence-corrected chi connectivity index (χ0v) is 38.4. The molecule has 0 unspecified atom stereocenters. The van der Waals surface area contributed by atoms with Crippen molar-refractivity contribution in [3.05, 3.63) is 219 Å². The van der Waals surface area contributed by atoms with Crippen molar-refractivity contribution >= 4 is 87.5 Å². The molecule has 16 aromatic rings. The van der Waals surface area contributed by atoms with E-state index >= 15 is 0 Å². The van der Waals surface area contributed by atoms with Crippen LogP contribution < -0.4 is 0 Å². The van der Waals surface area contributed by atoms with Crippen molar-refractivity contribution in [3.63, 3.8) is 0 Å². The smallest absolute Gasteiger partial charge is 0.145 e. The van der Waals surface area contributed by atoms with E-state index in [0.29, 0.717) is 0 Å². The maximum absolute atomic E-state index is 5.87. The quantitative estimate of drug-likeness (QED) is 0.165. The summed E-state index contributed by atoms with van der Waals surface area (Å²) in [4.78, 5) is 31.9. The van der Waals surface area contributed by atoms with Crippen molar-refractivity contribution < 1.29 is 0 Å². The molecule has 72 heavy (non-hydrogen) atoms. The fraction of sp³-hybridized carbons (Fsp3) is 0. The Balaban J connectivity index is 1.18. The third-order valence-corrected chi connectivity index (χ3v) is 14.8. The van der Waals surface area contributed by atoms with E-state index < -0.39 is 0 Å². The van der Waals surface area contributed by atoms with E-state index in [1.54, 1.807) is 12.4 Å². The number of rotatable bonds is 6. The van der Waals surface area contributed by atoms with Crippen molar-refractivity contribution in [2.45, 2.75) is 0 Å². The molecule has 0 fully saturated rings. The van der Waals surface area contributed by atoms with Crippen LogP contribution in [0.5, 0.6) is 0 Å². The molecule has 0 saturated carbocycles. The molecule has 0 bridgehead atoms. The summed E-state index contributed by atoms with van der Waals surface area (Å²) in [6, 6.07) is 64.5. The molecule has 0 aliphatic rings. The average Bonchev–Trinajstić information content (AvgIpc) is 4.19. The van der Waals surface area contributed by atoms with Gasteiger partial charge in [-0.15, -0.1) is 0 Å². The van der Waals surface area contributed by atoms with Crippen LogP contribution in [0.15, 0.2) is 219 Å². The van der Waals surface area contributed by atoms with E-state index in [2.05, 4.69) is 189 Å². The van der Waals surface area contributed by atoms with Crippen LogP contribution in [0, 0.1) is 0 Å². The van der Waals surface area contributed by atoms with E-state index in [-0.39, 0.29) is 0 Å². The van der Waals surface area contributed by atoms with Gasteiger partial charge in [0.2, 0.25) is 0 Å². The number of fused-ring (bicyclic) bond motifs is 16. The summed E-state index contributed by atoms with van der Waals surface area (Å²) in [5.74, 6) is 0. The Kier molecular flexibility index (Phi) is 8.01. The van der Waals surface area contributed by atoms with E-state index in [4.69, 9.17) is 19.9 Å². The summed E-state index contributed by atoms with van der Waals surface area (Å²) in [5.41, 5.74) is 19.5. The molecule has 0 amide bonds. The Hall–Kier alpha value is -9.92. The summed E-state index contributed by atoms with van der Waals surface area (Å²) >= 11 is 0. The standard InChI is InChI=1S/C64H36N8/c1-5-15-37(16-6-1)43-27-47-49-31-45(39-19-9-3-10-20-39)35-67-63(49)71-59(47)51(29-43)53-57-58(70-56(42-24-14-26-66-34-42)55(69-57)41-23-13-25-65-33-41)54-52-30-44(38-17-7-2-8-18-38)28-48-50-32-46(40-21-11-4-12-22-40)36-68-64(50)72(60(48)52)62(54)61(53)71/h1-36H.